The number of hydrogen-bond acceptors (Lipinski definition) is 4. The zero-order chi connectivity index (χ0) is 21.4. The molecule has 1 unspecified atom stereocenters. The third-order valence-corrected chi connectivity index (χ3v) is 7.05. The van der Waals surface area contributed by atoms with Crippen LogP contribution < -0.4 is 10.6 Å². The van der Waals surface area contributed by atoms with Gasteiger partial charge in [-0.15, -0.1) is 0 Å². The van der Waals surface area contributed by atoms with Crippen molar-refractivity contribution in [3.63, 3.8) is 0 Å². The highest BCUT2D eigenvalue weighted by Crippen LogP contribution is 2.55. The van der Waals surface area contributed by atoms with Gasteiger partial charge in [0.25, 0.3) is 5.91 Å². The molecule has 7 nitrogen and oxygen atoms in total. The van der Waals surface area contributed by atoms with Crippen LogP contribution in [0.4, 0.5) is 9.18 Å². The number of amides is 3. The van der Waals surface area contributed by atoms with Gasteiger partial charge in [-0.05, 0) is 74.0 Å². The molecule has 1 aliphatic heterocycles. The Labute approximate surface area is 180 Å². The number of carbonyl (C=O) groups is 2. The number of halogens is 1. The molecule has 4 fully saturated rings. The zero-order valence-electron chi connectivity index (χ0n) is 17.4. The molecule has 0 spiro atoms. The molecule has 0 radical (unpaired) electrons. The van der Waals surface area contributed by atoms with Crippen LogP contribution in [0.2, 0.25) is 0 Å². The zero-order valence-corrected chi connectivity index (χ0v) is 17.4. The molecule has 0 aromatic heterocycles. The summed E-state index contributed by atoms with van der Waals surface area (Å²) in [5, 5.41) is 5.87. The molecule has 1 heterocycles. The second-order valence-corrected chi connectivity index (χ2v) is 9.62. The van der Waals surface area contributed by atoms with E-state index in [1.54, 1.807) is 12.1 Å². The molecule has 5 aliphatic rings. The first-order valence-corrected chi connectivity index (χ1v) is 11.1. The molecule has 2 N–H and O–H groups in total. The number of hydrogen-bond donors (Lipinski definition) is 2. The summed E-state index contributed by atoms with van der Waals surface area (Å²) in [4.78, 5) is 28.3. The first-order chi connectivity index (χ1) is 14.9. The molecular formula is C23H28FN3O4. The van der Waals surface area contributed by atoms with E-state index in [0.717, 1.165) is 42.6 Å². The highest BCUT2D eigenvalue weighted by Gasteiger charge is 2.51. The lowest BCUT2D eigenvalue weighted by Crippen LogP contribution is -2.60. The molecule has 31 heavy (non-hydrogen) atoms. The maximum absolute atomic E-state index is 13.0. The van der Waals surface area contributed by atoms with Crippen molar-refractivity contribution < 1.29 is 23.5 Å². The summed E-state index contributed by atoms with van der Waals surface area (Å²) in [7, 11) is 0. The Morgan fingerprint density at radius 2 is 1.77 bits per heavy atom. The second kappa shape index (κ2) is 8.22. The summed E-state index contributed by atoms with van der Waals surface area (Å²) in [6.07, 6.45) is 6.80. The molecule has 1 atom stereocenters. The van der Waals surface area contributed by atoms with E-state index in [1.165, 1.54) is 31.4 Å². The molecule has 4 saturated carbocycles. The van der Waals surface area contributed by atoms with Crippen molar-refractivity contribution in [1.82, 2.24) is 10.6 Å². The number of nitrogens with zero attached hydrogens (tertiary/aromatic N) is 1. The summed E-state index contributed by atoms with van der Waals surface area (Å²) in [5.41, 5.74) is 0.720. The third-order valence-electron chi connectivity index (χ3n) is 7.05. The van der Waals surface area contributed by atoms with Gasteiger partial charge in [0.1, 0.15) is 12.0 Å². The quantitative estimate of drug-likeness (QED) is 0.726. The largest absolute Gasteiger partial charge is 0.470 e. The van der Waals surface area contributed by atoms with Gasteiger partial charge >= 0.3 is 6.03 Å². The molecule has 4 bridgehead atoms. The standard InChI is InChI=1S/C23H28FN3O4/c24-18-3-1-14(2-4-18)12-30-20-8-21(26-22(29)25-20)31-13-19(28)27-23-9-15-5-16(10-23)7-17(6-15)11-23/h1-4,15-17,20H,5-13H2,(H,25,29)(H,27,28). The first-order valence-electron chi connectivity index (χ1n) is 11.1. The average Bonchev–Trinajstić information content (AvgIpc) is 2.70. The normalized spacial score (nSPS) is 33.6. The fourth-order valence-corrected chi connectivity index (χ4v) is 6.25. The van der Waals surface area contributed by atoms with Gasteiger partial charge in [-0.25, -0.2) is 9.18 Å². The Balaban J connectivity index is 1.11. The van der Waals surface area contributed by atoms with Crippen LogP contribution in [0, 0.1) is 23.6 Å². The summed E-state index contributed by atoms with van der Waals surface area (Å²) in [6, 6.07) is 5.40. The van der Waals surface area contributed by atoms with Crippen molar-refractivity contribution in [2.45, 2.75) is 63.3 Å². The van der Waals surface area contributed by atoms with Crippen molar-refractivity contribution in [2.75, 3.05) is 6.61 Å². The fraction of sp³-hybridized carbons (Fsp3) is 0.609. The van der Waals surface area contributed by atoms with E-state index in [1.807, 2.05) is 0 Å². The molecule has 166 valence electrons. The molecule has 3 amide bonds. The predicted molar refractivity (Wildman–Crippen MR) is 111 cm³/mol. The van der Waals surface area contributed by atoms with E-state index in [4.69, 9.17) is 9.47 Å². The van der Waals surface area contributed by atoms with Gasteiger partial charge < -0.3 is 20.1 Å². The Bertz CT molecular complexity index is 850. The first kappa shape index (κ1) is 20.4. The minimum Gasteiger partial charge on any atom is -0.470 e. The van der Waals surface area contributed by atoms with Crippen molar-refractivity contribution in [2.24, 2.45) is 22.7 Å². The van der Waals surface area contributed by atoms with E-state index in [9.17, 15) is 14.0 Å². The number of urea groups is 1. The van der Waals surface area contributed by atoms with E-state index in [0.29, 0.717) is 0 Å². The Morgan fingerprint density at radius 3 is 2.42 bits per heavy atom. The minimum absolute atomic E-state index is 0.0677. The summed E-state index contributed by atoms with van der Waals surface area (Å²) >= 11 is 0. The highest BCUT2D eigenvalue weighted by molar-refractivity contribution is 5.94. The molecule has 1 aromatic rings. The van der Waals surface area contributed by atoms with Gasteiger partial charge in [0.2, 0.25) is 0 Å². The predicted octanol–water partition coefficient (Wildman–Crippen LogP) is 3.28. The molecule has 6 rings (SSSR count). The maximum Gasteiger partial charge on any atom is 0.345 e. The maximum atomic E-state index is 13.0. The van der Waals surface area contributed by atoms with Gasteiger partial charge in [-0.1, -0.05) is 12.1 Å². The van der Waals surface area contributed by atoms with Gasteiger partial charge in [-0.2, -0.15) is 4.99 Å². The van der Waals surface area contributed by atoms with E-state index in [-0.39, 0.29) is 42.8 Å². The SMILES string of the molecule is O=C(COC1=NC(=O)NC(OCc2ccc(F)cc2)C1)NC12CC3CC(CC(C3)C1)C2. The number of ether oxygens (including phenoxy) is 2. The summed E-state index contributed by atoms with van der Waals surface area (Å²) in [5.74, 6) is 1.96. The van der Waals surface area contributed by atoms with Crippen LogP contribution in [0.3, 0.4) is 0 Å². The lowest BCUT2D eigenvalue weighted by molar-refractivity contribution is -0.129. The van der Waals surface area contributed by atoms with Gasteiger partial charge in [0, 0.05) is 5.54 Å². The number of carbonyl (C=O) groups excluding carboxylic acids is 2. The third kappa shape index (κ3) is 4.74. The van der Waals surface area contributed by atoms with Gasteiger partial charge in [0.15, 0.2) is 12.5 Å². The van der Waals surface area contributed by atoms with E-state index >= 15 is 0 Å². The van der Waals surface area contributed by atoms with Crippen LogP contribution in [0.15, 0.2) is 29.3 Å². The van der Waals surface area contributed by atoms with Gasteiger partial charge in [-0.3, -0.25) is 4.79 Å². The van der Waals surface area contributed by atoms with Gasteiger partial charge in [0.05, 0.1) is 13.0 Å². The van der Waals surface area contributed by atoms with Crippen LogP contribution >= 0.6 is 0 Å². The topological polar surface area (TPSA) is 89.0 Å². The monoisotopic (exact) mass is 429 g/mol. The van der Waals surface area contributed by atoms with Crippen LogP contribution in [-0.2, 0) is 20.9 Å². The van der Waals surface area contributed by atoms with Crippen LogP contribution in [0.5, 0.6) is 0 Å². The molecule has 0 saturated heterocycles. The summed E-state index contributed by atoms with van der Waals surface area (Å²) < 4.78 is 24.3. The molecule has 1 aromatic carbocycles. The van der Waals surface area contributed by atoms with Crippen LogP contribution in [0.25, 0.3) is 0 Å². The number of aliphatic imine (C=N–C) groups is 1. The van der Waals surface area contributed by atoms with Crippen molar-refractivity contribution in [1.29, 1.82) is 0 Å². The highest BCUT2D eigenvalue weighted by atomic mass is 19.1. The Hall–Kier alpha value is -2.48. The Kier molecular flexibility index (Phi) is 5.42. The lowest BCUT2D eigenvalue weighted by atomic mass is 9.53. The molecule has 4 aliphatic carbocycles. The smallest absolute Gasteiger partial charge is 0.345 e. The summed E-state index contributed by atoms with van der Waals surface area (Å²) in [6.45, 7) is 0.0591. The van der Waals surface area contributed by atoms with E-state index in [2.05, 4.69) is 15.6 Å². The number of rotatable bonds is 6. The Morgan fingerprint density at radius 1 is 1.13 bits per heavy atom. The molecule has 8 heteroatoms. The molecular weight excluding hydrogens is 401 g/mol. The van der Waals surface area contributed by atoms with Crippen molar-refractivity contribution >= 4 is 17.8 Å². The second-order valence-electron chi connectivity index (χ2n) is 9.62. The minimum atomic E-state index is -0.615. The van der Waals surface area contributed by atoms with Crippen molar-refractivity contribution in [3.05, 3.63) is 35.6 Å². The fourth-order valence-electron chi connectivity index (χ4n) is 6.25. The number of benzene rings is 1. The van der Waals surface area contributed by atoms with E-state index < -0.39 is 12.3 Å². The van der Waals surface area contributed by atoms with Crippen LogP contribution in [-0.4, -0.2) is 36.2 Å². The van der Waals surface area contributed by atoms with Crippen molar-refractivity contribution in [3.8, 4) is 0 Å². The van der Waals surface area contributed by atoms with Crippen LogP contribution in [0.1, 0.15) is 50.5 Å². The number of nitrogens with one attached hydrogen (secondary N) is 2. The lowest BCUT2D eigenvalue weighted by Gasteiger charge is -2.56. The average molecular weight is 429 g/mol.